The van der Waals surface area contributed by atoms with Gasteiger partial charge >= 0.3 is 0 Å². The van der Waals surface area contributed by atoms with Gasteiger partial charge < -0.3 is 9.32 Å². The number of anilines is 1. The largest absolute Gasteiger partial charge is 0.421 e. The quantitative estimate of drug-likeness (QED) is 0.717. The number of rotatable bonds is 5. The van der Waals surface area contributed by atoms with Crippen molar-refractivity contribution in [1.82, 2.24) is 10.2 Å². The van der Waals surface area contributed by atoms with Gasteiger partial charge in [0.1, 0.15) is 0 Å². The first-order valence-electron chi connectivity index (χ1n) is 6.97. The molecule has 0 N–H and O–H groups in total. The molecule has 2 aromatic carbocycles. The van der Waals surface area contributed by atoms with Gasteiger partial charge in [-0.15, -0.1) is 10.2 Å². The highest BCUT2D eigenvalue weighted by Crippen LogP contribution is 2.17. The lowest BCUT2D eigenvalue weighted by molar-refractivity contribution is 0.505. The minimum absolute atomic E-state index is 0.577. The summed E-state index contributed by atoms with van der Waals surface area (Å²) in [5, 5.41) is 8.22. The zero-order valence-corrected chi connectivity index (χ0v) is 11.9. The van der Waals surface area contributed by atoms with Crippen molar-refractivity contribution in [3.8, 4) is 11.5 Å². The number of para-hydroxylation sites is 1. The molecule has 0 fully saturated rings. The second-order valence-corrected chi connectivity index (χ2v) is 4.87. The Hall–Kier alpha value is -2.62. The predicted octanol–water partition coefficient (Wildman–Crippen LogP) is 3.42. The first kappa shape index (κ1) is 13.4. The molecule has 0 unspecified atom stereocenters. The third-order valence-electron chi connectivity index (χ3n) is 3.35. The molecular weight excluding hydrogens is 262 g/mol. The van der Waals surface area contributed by atoms with E-state index in [1.165, 1.54) is 5.69 Å². The minimum atomic E-state index is 0.577. The van der Waals surface area contributed by atoms with Gasteiger partial charge in [-0.25, -0.2) is 0 Å². The molecule has 0 saturated carbocycles. The molecule has 106 valence electrons. The van der Waals surface area contributed by atoms with Crippen LogP contribution in [0.5, 0.6) is 0 Å². The Morgan fingerprint density at radius 2 is 1.57 bits per heavy atom. The summed E-state index contributed by atoms with van der Waals surface area (Å²) in [6.07, 6.45) is 0.727. The average molecular weight is 279 g/mol. The Bertz CT molecular complexity index is 680. The molecule has 0 spiro atoms. The van der Waals surface area contributed by atoms with Crippen LogP contribution in [0.25, 0.3) is 11.5 Å². The van der Waals surface area contributed by atoms with E-state index in [-0.39, 0.29) is 0 Å². The Balaban J connectivity index is 1.63. The van der Waals surface area contributed by atoms with Gasteiger partial charge in [0.05, 0.1) is 0 Å². The topological polar surface area (TPSA) is 42.2 Å². The monoisotopic (exact) mass is 279 g/mol. The van der Waals surface area contributed by atoms with Gasteiger partial charge in [-0.3, -0.25) is 0 Å². The van der Waals surface area contributed by atoms with Gasteiger partial charge in [0.2, 0.25) is 11.8 Å². The van der Waals surface area contributed by atoms with E-state index in [0.29, 0.717) is 11.8 Å². The van der Waals surface area contributed by atoms with Crippen molar-refractivity contribution in [1.29, 1.82) is 0 Å². The molecule has 3 rings (SSSR count). The molecule has 0 aliphatic rings. The molecule has 0 saturated heterocycles. The summed E-state index contributed by atoms with van der Waals surface area (Å²) >= 11 is 0. The predicted molar refractivity (Wildman–Crippen MR) is 83.2 cm³/mol. The van der Waals surface area contributed by atoms with Crippen LogP contribution in [0, 0.1) is 0 Å². The fraction of sp³-hybridized carbons (Fsp3) is 0.176. The Morgan fingerprint density at radius 3 is 2.29 bits per heavy atom. The first-order valence-corrected chi connectivity index (χ1v) is 6.97. The van der Waals surface area contributed by atoms with Crippen LogP contribution < -0.4 is 4.90 Å². The molecule has 4 heteroatoms. The van der Waals surface area contributed by atoms with E-state index in [0.717, 1.165) is 18.5 Å². The maximum atomic E-state index is 5.71. The number of nitrogens with zero attached hydrogens (tertiary/aromatic N) is 3. The highest BCUT2D eigenvalue weighted by atomic mass is 16.4. The number of hydrogen-bond donors (Lipinski definition) is 0. The number of likely N-dealkylation sites (N-methyl/N-ethyl adjacent to an activating group) is 1. The zero-order valence-electron chi connectivity index (χ0n) is 11.9. The molecule has 0 atom stereocenters. The molecule has 0 bridgehead atoms. The standard InChI is InChI=1S/C17H17N3O/c1-20(15-10-6-3-7-11-15)13-12-16-18-19-17(21-16)14-8-4-2-5-9-14/h2-11H,12-13H2,1H3. The third kappa shape index (κ3) is 3.28. The van der Waals surface area contributed by atoms with Crippen LogP contribution in [0.3, 0.4) is 0 Å². The summed E-state index contributed by atoms with van der Waals surface area (Å²) < 4.78 is 5.71. The van der Waals surface area contributed by atoms with Gasteiger partial charge in [-0.05, 0) is 24.3 Å². The highest BCUT2D eigenvalue weighted by molar-refractivity contribution is 5.51. The van der Waals surface area contributed by atoms with Crippen LogP contribution in [0.4, 0.5) is 5.69 Å². The summed E-state index contributed by atoms with van der Waals surface area (Å²) in [6.45, 7) is 0.834. The smallest absolute Gasteiger partial charge is 0.247 e. The summed E-state index contributed by atoms with van der Waals surface area (Å²) in [5.74, 6) is 1.24. The van der Waals surface area contributed by atoms with E-state index in [2.05, 4.69) is 34.3 Å². The van der Waals surface area contributed by atoms with Crippen LogP contribution in [-0.2, 0) is 6.42 Å². The Kier molecular flexibility index (Phi) is 3.96. The lowest BCUT2D eigenvalue weighted by atomic mass is 10.2. The SMILES string of the molecule is CN(CCc1nnc(-c2ccccc2)o1)c1ccccc1. The van der Waals surface area contributed by atoms with Crippen molar-refractivity contribution < 1.29 is 4.42 Å². The van der Waals surface area contributed by atoms with Gasteiger partial charge in [0.25, 0.3) is 0 Å². The molecular formula is C17H17N3O. The first-order chi connectivity index (χ1) is 10.3. The lowest BCUT2D eigenvalue weighted by Gasteiger charge is -2.17. The van der Waals surface area contributed by atoms with Crippen molar-refractivity contribution >= 4 is 5.69 Å². The molecule has 0 aliphatic carbocycles. The fourth-order valence-corrected chi connectivity index (χ4v) is 2.13. The third-order valence-corrected chi connectivity index (χ3v) is 3.35. The van der Waals surface area contributed by atoms with Gasteiger partial charge in [0, 0.05) is 31.3 Å². The molecule has 1 heterocycles. The maximum absolute atomic E-state index is 5.71. The zero-order chi connectivity index (χ0) is 14.5. The summed E-state index contributed by atoms with van der Waals surface area (Å²) in [6, 6.07) is 20.1. The fourth-order valence-electron chi connectivity index (χ4n) is 2.13. The number of aromatic nitrogens is 2. The van der Waals surface area contributed by atoms with Crippen molar-refractivity contribution in [2.75, 3.05) is 18.5 Å². The van der Waals surface area contributed by atoms with Crippen molar-refractivity contribution in [3.63, 3.8) is 0 Å². The van der Waals surface area contributed by atoms with Crippen LogP contribution >= 0.6 is 0 Å². The normalized spacial score (nSPS) is 10.5. The molecule has 0 amide bonds. The van der Waals surface area contributed by atoms with E-state index in [1.807, 2.05) is 48.5 Å². The lowest BCUT2D eigenvalue weighted by Crippen LogP contribution is -2.20. The summed E-state index contributed by atoms with van der Waals surface area (Å²) in [5.41, 5.74) is 2.13. The molecule has 4 nitrogen and oxygen atoms in total. The number of hydrogen-bond acceptors (Lipinski definition) is 4. The van der Waals surface area contributed by atoms with Crippen LogP contribution in [0.2, 0.25) is 0 Å². The van der Waals surface area contributed by atoms with Crippen molar-refractivity contribution in [2.24, 2.45) is 0 Å². The van der Waals surface area contributed by atoms with E-state index in [9.17, 15) is 0 Å². The minimum Gasteiger partial charge on any atom is -0.421 e. The average Bonchev–Trinajstić information content (AvgIpc) is 3.03. The molecule has 21 heavy (non-hydrogen) atoms. The Morgan fingerprint density at radius 1 is 0.905 bits per heavy atom. The van der Waals surface area contributed by atoms with Gasteiger partial charge in [0.15, 0.2) is 0 Å². The molecule has 3 aromatic rings. The van der Waals surface area contributed by atoms with Crippen LogP contribution in [0.1, 0.15) is 5.89 Å². The van der Waals surface area contributed by atoms with Crippen LogP contribution in [-0.4, -0.2) is 23.8 Å². The second kappa shape index (κ2) is 6.22. The van der Waals surface area contributed by atoms with Crippen molar-refractivity contribution in [3.05, 3.63) is 66.6 Å². The van der Waals surface area contributed by atoms with Crippen molar-refractivity contribution in [2.45, 2.75) is 6.42 Å². The van der Waals surface area contributed by atoms with E-state index < -0.39 is 0 Å². The molecule has 0 radical (unpaired) electrons. The van der Waals surface area contributed by atoms with Crippen LogP contribution in [0.15, 0.2) is 65.1 Å². The number of benzene rings is 2. The molecule has 0 aliphatic heterocycles. The summed E-state index contributed by atoms with van der Waals surface area (Å²) in [4.78, 5) is 2.17. The highest BCUT2D eigenvalue weighted by Gasteiger charge is 2.09. The summed E-state index contributed by atoms with van der Waals surface area (Å²) in [7, 11) is 2.06. The molecule has 1 aromatic heterocycles. The second-order valence-electron chi connectivity index (χ2n) is 4.87. The van der Waals surface area contributed by atoms with Gasteiger partial charge in [-0.2, -0.15) is 0 Å². The maximum Gasteiger partial charge on any atom is 0.247 e. The van der Waals surface area contributed by atoms with E-state index in [1.54, 1.807) is 0 Å². The van der Waals surface area contributed by atoms with Gasteiger partial charge in [-0.1, -0.05) is 36.4 Å². The van der Waals surface area contributed by atoms with E-state index >= 15 is 0 Å². The Labute approximate surface area is 124 Å². The van der Waals surface area contributed by atoms with E-state index in [4.69, 9.17) is 4.42 Å².